The van der Waals surface area contributed by atoms with E-state index in [4.69, 9.17) is 0 Å². The van der Waals surface area contributed by atoms with E-state index < -0.39 is 0 Å². The van der Waals surface area contributed by atoms with Gasteiger partial charge in [-0.15, -0.1) is 0 Å². The lowest BCUT2D eigenvalue weighted by molar-refractivity contribution is 0.230. The lowest BCUT2D eigenvalue weighted by atomic mass is 10.1. The van der Waals surface area contributed by atoms with Gasteiger partial charge < -0.3 is 15.5 Å². The quantitative estimate of drug-likeness (QED) is 0.876. The summed E-state index contributed by atoms with van der Waals surface area (Å²) in [5.41, 5.74) is 0.898. The summed E-state index contributed by atoms with van der Waals surface area (Å²) in [6, 6.07) is 6.83. The molecule has 0 bridgehead atoms. The lowest BCUT2D eigenvalue weighted by Gasteiger charge is -2.23. The van der Waals surface area contributed by atoms with Crippen LogP contribution >= 0.6 is 0 Å². The van der Waals surface area contributed by atoms with Crippen LogP contribution in [0, 0.1) is 11.7 Å². The smallest absolute Gasteiger partial charge is 0.315 e. The fourth-order valence-corrected chi connectivity index (χ4v) is 3.71. The van der Waals surface area contributed by atoms with Gasteiger partial charge in [-0.1, -0.05) is 25.0 Å². The molecule has 2 fully saturated rings. The minimum atomic E-state index is -0.258. The highest BCUT2D eigenvalue weighted by Gasteiger charge is 2.29. The van der Waals surface area contributed by atoms with Crippen molar-refractivity contribution in [2.24, 2.45) is 5.92 Å². The number of carbonyl (C=O) groups excluding carboxylic acids is 1. The van der Waals surface area contributed by atoms with Gasteiger partial charge in [0, 0.05) is 25.7 Å². The summed E-state index contributed by atoms with van der Waals surface area (Å²) >= 11 is 0. The van der Waals surface area contributed by atoms with Crippen LogP contribution < -0.4 is 10.6 Å². The summed E-state index contributed by atoms with van der Waals surface area (Å²) < 4.78 is 12.8. The number of hydrogen-bond acceptors (Lipinski definition) is 2. The summed E-state index contributed by atoms with van der Waals surface area (Å²) in [6.45, 7) is 3.45. The molecule has 2 aliphatic rings. The molecule has 3 rings (SSSR count). The molecular formula is C18H26FN3O. The molecule has 2 N–H and O–H groups in total. The first-order chi connectivity index (χ1) is 11.2. The maximum atomic E-state index is 12.8. The second-order valence-corrected chi connectivity index (χ2v) is 6.78. The van der Waals surface area contributed by atoms with Crippen LogP contribution in [-0.2, 0) is 6.54 Å². The van der Waals surface area contributed by atoms with E-state index in [2.05, 4.69) is 15.5 Å². The van der Waals surface area contributed by atoms with Gasteiger partial charge in [-0.3, -0.25) is 0 Å². The predicted molar refractivity (Wildman–Crippen MR) is 88.6 cm³/mol. The van der Waals surface area contributed by atoms with Gasteiger partial charge in [0.2, 0.25) is 0 Å². The molecule has 4 nitrogen and oxygen atoms in total. The van der Waals surface area contributed by atoms with E-state index in [1.165, 1.54) is 50.8 Å². The van der Waals surface area contributed by atoms with Crippen molar-refractivity contribution in [1.29, 1.82) is 0 Å². The minimum Gasteiger partial charge on any atom is -0.338 e. The second kappa shape index (κ2) is 7.77. The number of likely N-dealkylation sites (tertiary alicyclic amines) is 1. The first-order valence-corrected chi connectivity index (χ1v) is 8.71. The Morgan fingerprint density at radius 2 is 1.87 bits per heavy atom. The predicted octanol–water partition coefficient (Wildman–Crippen LogP) is 2.89. The number of rotatable bonds is 5. The maximum Gasteiger partial charge on any atom is 0.315 e. The van der Waals surface area contributed by atoms with E-state index >= 15 is 0 Å². The standard InChI is InChI=1S/C18H26FN3O/c19-16-7-5-14(6-8-16)11-20-18(23)21-12-15-9-10-22(13-15)17-3-1-2-4-17/h5-8,15,17H,1-4,9-13H2,(H2,20,21,23). The molecule has 1 heterocycles. The Kier molecular flexibility index (Phi) is 5.49. The Balaban J connectivity index is 1.33. The molecule has 0 aromatic heterocycles. The molecule has 0 spiro atoms. The van der Waals surface area contributed by atoms with Crippen LogP contribution in [0.1, 0.15) is 37.7 Å². The van der Waals surface area contributed by atoms with Crippen molar-refractivity contribution in [2.75, 3.05) is 19.6 Å². The van der Waals surface area contributed by atoms with Crippen LogP contribution in [0.3, 0.4) is 0 Å². The summed E-state index contributed by atoms with van der Waals surface area (Å²) in [5.74, 6) is 0.304. The topological polar surface area (TPSA) is 44.4 Å². The van der Waals surface area contributed by atoms with Crippen molar-refractivity contribution in [3.63, 3.8) is 0 Å². The van der Waals surface area contributed by atoms with Crippen LogP contribution in [0.2, 0.25) is 0 Å². The normalized spacial score (nSPS) is 22.4. The van der Waals surface area contributed by atoms with Gasteiger partial charge in [-0.05, 0) is 49.4 Å². The van der Waals surface area contributed by atoms with Crippen molar-refractivity contribution in [3.05, 3.63) is 35.6 Å². The summed E-state index contributed by atoms with van der Waals surface area (Å²) in [7, 11) is 0. The zero-order chi connectivity index (χ0) is 16.1. The highest BCUT2D eigenvalue weighted by molar-refractivity contribution is 5.73. The Morgan fingerprint density at radius 1 is 1.13 bits per heavy atom. The van der Waals surface area contributed by atoms with Gasteiger partial charge >= 0.3 is 6.03 Å². The number of nitrogens with zero attached hydrogens (tertiary/aromatic N) is 1. The highest BCUT2D eigenvalue weighted by atomic mass is 19.1. The molecule has 1 saturated heterocycles. The van der Waals surface area contributed by atoms with Crippen LogP contribution in [0.15, 0.2) is 24.3 Å². The van der Waals surface area contributed by atoms with Crippen molar-refractivity contribution in [3.8, 4) is 0 Å². The fraction of sp³-hybridized carbons (Fsp3) is 0.611. The van der Waals surface area contributed by atoms with Crippen molar-refractivity contribution < 1.29 is 9.18 Å². The average Bonchev–Trinajstić information content (AvgIpc) is 3.23. The highest BCUT2D eigenvalue weighted by Crippen LogP contribution is 2.28. The molecule has 1 aliphatic carbocycles. The molecule has 1 atom stereocenters. The van der Waals surface area contributed by atoms with Crippen LogP contribution in [-0.4, -0.2) is 36.6 Å². The van der Waals surface area contributed by atoms with E-state index in [-0.39, 0.29) is 11.8 Å². The van der Waals surface area contributed by atoms with Gasteiger partial charge in [0.05, 0.1) is 0 Å². The van der Waals surface area contributed by atoms with Crippen molar-refractivity contribution in [2.45, 2.75) is 44.7 Å². The molecule has 1 aromatic carbocycles. The molecule has 23 heavy (non-hydrogen) atoms. The van der Waals surface area contributed by atoms with Gasteiger partial charge in [-0.2, -0.15) is 0 Å². The largest absolute Gasteiger partial charge is 0.338 e. The number of halogens is 1. The number of amides is 2. The third-order valence-corrected chi connectivity index (χ3v) is 5.08. The third kappa shape index (κ3) is 4.67. The minimum absolute atomic E-state index is 0.145. The van der Waals surface area contributed by atoms with Crippen LogP contribution in [0.4, 0.5) is 9.18 Å². The number of benzene rings is 1. The number of nitrogens with one attached hydrogen (secondary N) is 2. The van der Waals surface area contributed by atoms with Gasteiger partial charge in [0.1, 0.15) is 5.82 Å². The molecule has 2 amide bonds. The molecule has 0 radical (unpaired) electrons. The zero-order valence-corrected chi connectivity index (χ0v) is 13.6. The van der Waals surface area contributed by atoms with E-state index in [0.717, 1.165) is 24.7 Å². The number of carbonyl (C=O) groups is 1. The van der Waals surface area contributed by atoms with Crippen molar-refractivity contribution in [1.82, 2.24) is 15.5 Å². The molecule has 126 valence electrons. The van der Waals surface area contributed by atoms with Crippen LogP contribution in [0.25, 0.3) is 0 Å². The molecule has 1 saturated carbocycles. The molecule has 1 aliphatic heterocycles. The van der Waals surface area contributed by atoms with E-state index in [0.29, 0.717) is 12.5 Å². The van der Waals surface area contributed by atoms with E-state index in [9.17, 15) is 9.18 Å². The van der Waals surface area contributed by atoms with Crippen molar-refractivity contribution >= 4 is 6.03 Å². The van der Waals surface area contributed by atoms with E-state index in [1.807, 2.05) is 0 Å². The Bertz CT molecular complexity index is 514. The Hall–Kier alpha value is -1.62. The maximum absolute atomic E-state index is 12.8. The summed E-state index contributed by atoms with van der Waals surface area (Å²) in [5, 5.41) is 5.79. The third-order valence-electron chi connectivity index (χ3n) is 5.08. The van der Waals surface area contributed by atoms with Crippen LogP contribution in [0.5, 0.6) is 0 Å². The van der Waals surface area contributed by atoms with Gasteiger partial charge in [-0.25, -0.2) is 9.18 Å². The lowest BCUT2D eigenvalue weighted by Crippen LogP contribution is -2.39. The first-order valence-electron chi connectivity index (χ1n) is 8.71. The number of urea groups is 1. The molecular weight excluding hydrogens is 293 g/mol. The Morgan fingerprint density at radius 3 is 2.61 bits per heavy atom. The Labute approximate surface area is 137 Å². The van der Waals surface area contributed by atoms with Gasteiger partial charge in [0.15, 0.2) is 0 Å². The SMILES string of the molecule is O=C(NCc1ccc(F)cc1)NCC1CCN(C2CCCC2)C1. The van der Waals surface area contributed by atoms with E-state index in [1.54, 1.807) is 12.1 Å². The van der Waals surface area contributed by atoms with Gasteiger partial charge in [0.25, 0.3) is 0 Å². The molecule has 1 unspecified atom stereocenters. The monoisotopic (exact) mass is 319 g/mol. The summed E-state index contributed by atoms with van der Waals surface area (Å²) in [4.78, 5) is 14.5. The molecule has 5 heteroatoms. The number of hydrogen-bond donors (Lipinski definition) is 2. The summed E-state index contributed by atoms with van der Waals surface area (Å²) in [6.07, 6.45) is 6.61. The fourth-order valence-electron chi connectivity index (χ4n) is 3.71. The average molecular weight is 319 g/mol. The zero-order valence-electron chi connectivity index (χ0n) is 13.6. The molecule has 1 aromatic rings. The first kappa shape index (κ1) is 16.2. The second-order valence-electron chi connectivity index (χ2n) is 6.78.